The molecule has 150 valence electrons. The summed E-state index contributed by atoms with van der Waals surface area (Å²) in [5.74, 6) is 0. The SMILES string of the molecule is CCNC1CCc2c(c3cc(Br)ccc3n2[Si](C(C)C)(C(C)C)C(C)C)C1. The lowest BCUT2D eigenvalue weighted by atomic mass is 9.91. The van der Waals surface area contributed by atoms with Crippen LogP contribution in [0.4, 0.5) is 0 Å². The van der Waals surface area contributed by atoms with E-state index in [1.54, 1.807) is 11.3 Å². The van der Waals surface area contributed by atoms with Gasteiger partial charge in [-0.15, -0.1) is 0 Å². The van der Waals surface area contributed by atoms with E-state index < -0.39 is 8.24 Å². The van der Waals surface area contributed by atoms with Gasteiger partial charge in [-0.1, -0.05) is 64.4 Å². The zero-order chi connectivity index (χ0) is 19.9. The minimum absolute atomic E-state index is 0.619. The second kappa shape index (κ2) is 8.04. The van der Waals surface area contributed by atoms with Crippen LogP contribution in [-0.4, -0.2) is 25.1 Å². The smallest absolute Gasteiger partial charge is 0.169 e. The third-order valence-electron chi connectivity index (χ3n) is 6.98. The number of nitrogens with one attached hydrogen (secondary N) is 1. The molecule has 1 atom stereocenters. The predicted octanol–water partition coefficient (Wildman–Crippen LogP) is 6.89. The molecular formula is C23H37BrN2Si. The average Bonchev–Trinajstić information content (AvgIpc) is 2.89. The topological polar surface area (TPSA) is 17.0 Å². The Morgan fingerprint density at radius 2 is 1.74 bits per heavy atom. The summed E-state index contributed by atoms with van der Waals surface area (Å²) in [7, 11) is -1.77. The van der Waals surface area contributed by atoms with Gasteiger partial charge in [0.2, 0.25) is 0 Å². The molecule has 1 unspecified atom stereocenters. The van der Waals surface area contributed by atoms with E-state index in [2.05, 4.69) is 92.1 Å². The second-order valence-electron chi connectivity index (χ2n) is 9.27. The Morgan fingerprint density at radius 3 is 2.30 bits per heavy atom. The van der Waals surface area contributed by atoms with Crippen molar-refractivity contribution in [2.75, 3.05) is 6.54 Å². The Morgan fingerprint density at radius 1 is 1.11 bits per heavy atom. The molecule has 2 nitrogen and oxygen atoms in total. The first-order valence-corrected chi connectivity index (χ1v) is 13.8. The first-order valence-electron chi connectivity index (χ1n) is 10.8. The number of likely N-dealkylation sites (N-methyl/N-ethyl adjacent to an activating group) is 1. The molecule has 0 aliphatic heterocycles. The Balaban J connectivity index is 2.34. The number of rotatable bonds is 6. The molecule has 0 amide bonds. The summed E-state index contributed by atoms with van der Waals surface area (Å²) >= 11 is 3.74. The Bertz CT molecular complexity index is 785. The van der Waals surface area contributed by atoms with Crippen molar-refractivity contribution in [2.24, 2.45) is 0 Å². The van der Waals surface area contributed by atoms with Crippen LogP contribution in [0.15, 0.2) is 22.7 Å². The van der Waals surface area contributed by atoms with Crippen molar-refractivity contribution < 1.29 is 0 Å². The minimum Gasteiger partial charge on any atom is -0.370 e. The van der Waals surface area contributed by atoms with Gasteiger partial charge in [-0.2, -0.15) is 0 Å². The molecule has 0 radical (unpaired) electrons. The molecule has 1 heterocycles. The molecule has 1 aliphatic rings. The average molecular weight is 450 g/mol. The molecule has 0 spiro atoms. The van der Waals surface area contributed by atoms with E-state index in [1.807, 2.05) is 0 Å². The van der Waals surface area contributed by atoms with Crippen LogP contribution in [-0.2, 0) is 12.8 Å². The quantitative estimate of drug-likeness (QED) is 0.475. The van der Waals surface area contributed by atoms with Crippen LogP contribution in [0.25, 0.3) is 10.9 Å². The highest BCUT2D eigenvalue weighted by atomic mass is 79.9. The number of hydrogen-bond acceptors (Lipinski definition) is 1. The molecule has 2 aromatic rings. The van der Waals surface area contributed by atoms with Crippen LogP contribution >= 0.6 is 15.9 Å². The zero-order valence-electron chi connectivity index (χ0n) is 18.2. The van der Waals surface area contributed by atoms with E-state index in [4.69, 9.17) is 0 Å². The van der Waals surface area contributed by atoms with Crippen LogP contribution < -0.4 is 5.32 Å². The van der Waals surface area contributed by atoms with Crippen molar-refractivity contribution in [3.63, 3.8) is 0 Å². The van der Waals surface area contributed by atoms with Gasteiger partial charge in [0.25, 0.3) is 0 Å². The van der Waals surface area contributed by atoms with Gasteiger partial charge in [0, 0.05) is 27.1 Å². The van der Waals surface area contributed by atoms with Gasteiger partial charge in [-0.05, 0) is 66.2 Å². The standard InChI is InChI=1S/C23H37BrN2Si/c1-8-25-19-10-12-23-21(14-19)20-13-18(24)9-11-22(20)26(23)27(15(2)3,16(4)5)17(6)7/h9,11,13,15-17,19,25H,8,10,12,14H2,1-7H3. The van der Waals surface area contributed by atoms with E-state index in [0.29, 0.717) is 22.7 Å². The molecule has 0 saturated carbocycles. The van der Waals surface area contributed by atoms with Gasteiger partial charge in [-0.25, -0.2) is 0 Å². The molecule has 0 saturated heterocycles. The van der Waals surface area contributed by atoms with Crippen LogP contribution in [0, 0.1) is 0 Å². The third-order valence-corrected chi connectivity index (χ3v) is 14.3. The first-order chi connectivity index (χ1) is 12.7. The summed E-state index contributed by atoms with van der Waals surface area (Å²) in [5.41, 5.74) is 6.90. The van der Waals surface area contributed by atoms with Crippen LogP contribution in [0.1, 0.15) is 66.1 Å². The van der Waals surface area contributed by atoms with E-state index in [0.717, 1.165) is 6.54 Å². The van der Waals surface area contributed by atoms with E-state index in [9.17, 15) is 0 Å². The normalized spacial score (nSPS) is 18.1. The molecule has 3 rings (SSSR count). The highest BCUT2D eigenvalue weighted by Gasteiger charge is 2.47. The fourth-order valence-corrected chi connectivity index (χ4v) is 13.4. The number of halogens is 1. The van der Waals surface area contributed by atoms with Gasteiger partial charge in [0.05, 0.1) is 0 Å². The zero-order valence-corrected chi connectivity index (χ0v) is 20.8. The molecule has 1 aromatic heterocycles. The maximum atomic E-state index is 3.74. The number of aromatic nitrogens is 1. The molecule has 4 heteroatoms. The fraction of sp³-hybridized carbons (Fsp3) is 0.652. The third kappa shape index (κ3) is 3.36. The fourth-order valence-electron chi connectivity index (χ4n) is 6.21. The number of hydrogen-bond donors (Lipinski definition) is 1. The highest BCUT2D eigenvalue weighted by Crippen LogP contribution is 2.47. The lowest BCUT2D eigenvalue weighted by Crippen LogP contribution is -2.53. The van der Waals surface area contributed by atoms with Gasteiger partial charge in [-0.3, -0.25) is 0 Å². The van der Waals surface area contributed by atoms with Crippen molar-refractivity contribution in [1.29, 1.82) is 0 Å². The lowest BCUT2D eigenvalue weighted by Gasteiger charge is -2.46. The lowest BCUT2D eigenvalue weighted by molar-refractivity contribution is 0.467. The summed E-state index contributed by atoms with van der Waals surface area (Å²) in [6.07, 6.45) is 3.64. The van der Waals surface area contributed by atoms with Gasteiger partial charge < -0.3 is 9.55 Å². The molecule has 1 aromatic carbocycles. The number of benzene rings is 1. The first kappa shape index (κ1) is 21.1. The van der Waals surface area contributed by atoms with Crippen molar-refractivity contribution in [3.05, 3.63) is 33.9 Å². The molecule has 27 heavy (non-hydrogen) atoms. The van der Waals surface area contributed by atoms with E-state index in [1.165, 1.54) is 34.6 Å². The van der Waals surface area contributed by atoms with Crippen molar-refractivity contribution in [2.45, 2.75) is 90.4 Å². The van der Waals surface area contributed by atoms with Crippen LogP contribution in [0.2, 0.25) is 16.6 Å². The summed E-state index contributed by atoms with van der Waals surface area (Å²) in [6.45, 7) is 18.2. The summed E-state index contributed by atoms with van der Waals surface area (Å²) in [4.78, 5) is 0. The minimum atomic E-state index is -1.77. The van der Waals surface area contributed by atoms with Crippen LogP contribution in [0.3, 0.4) is 0 Å². The predicted molar refractivity (Wildman–Crippen MR) is 126 cm³/mol. The van der Waals surface area contributed by atoms with Crippen molar-refractivity contribution >= 4 is 35.1 Å². The summed E-state index contributed by atoms with van der Waals surface area (Å²) in [5, 5.41) is 5.20. The van der Waals surface area contributed by atoms with E-state index in [-0.39, 0.29) is 0 Å². The molecular weight excluding hydrogens is 412 g/mol. The highest BCUT2D eigenvalue weighted by molar-refractivity contribution is 9.10. The summed E-state index contributed by atoms with van der Waals surface area (Å²) in [6, 6.07) is 7.62. The molecule has 0 bridgehead atoms. The monoisotopic (exact) mass is 448 g/mol. The van der Waals surface area contributed by atoms with E-state index >= 15 is 0 Å². The van der Waals surface area contributed by atoms with Crippen molar-refractivity contribution in [1.82, 2.24) is 9.55 Å². The molecule has 1 aliphatic carbocycles. The number of nitrogens with zero attached hydrogens (tertiary/aromatic N) is 1. The molecule has 1 N–H and O–H groups in total. The van der Waals surface area contributed by atoms with Gasteiger partial charge in [0.1, 0.15) is 0 Å². The Kier molecular flexibility index (Phi) is 6.29. The Hall–Kier alpha value is -0.583. The maximum Gasteiger partial charge on any atom is 0.169 e. The number of fused-ring (bicyclic) bond motifs is 3. The van der Waals surface area contributed by atoms with Gasteiger partial charge in [0.15, 0.2) is 8.24 Å². The maximum absolute atomic E-state index is 3.74. The van der Waals surface area contributed by atoms with Gasteiger partial charge >= 0.3 is 0 Å². The Labute approximate surface area is 175 Å². The van der Waals surface area contributed by atoms with Crippen molar-refractivity contribution in [3.8, 4) is 0 Å². The molecule has 0 fully saturated rings. The largest absolute Gasteiger partial charge is 0.370 e. The second-order valence-corrected chi connectivity index (χ2v) is 15.9. The van der Waals surface area contributed by atoms with Crippen LogP contribution in [0.5, 0.6) is 0 Å². The summed E-state index contributed by atoms with van der Waals surface area (Å²) < 4.78 is 4.12.